The van der Waals surface area contributed by atoms with E-state index in [1.54, 1.807) is 30.9 Å². The van der Waals surface area contributed by atoms with Crippen molar-refractivity contribution < 1.29 is 9.59 Å². The molecule has 0 spiro atoms. The van der Waals surface area contributed by atoms with Crippen LogP contribution in [0.2, 0.25) is 0 Å². The number of pyridine rings is 1. The topological polar surface area (TPSA) is 84.5 Å². The van der Waals surface area contributed by atoms with Gasteiger partial charge in [-0.3, -0.25) is 9.59 Å². The molecule has 1 aliphatic rings. The number of aryl methyl sites for hydroxylation is 1. The van der Waals surface area contributed by atoms with Crippen LogP contribution < -0.4 is 5.32 Å². The minimum absolute atomic E-state index is 0.00432. The molecule has 0 bridgehead atoms. The van der Waals surface area contributed by atoms with Gasteiger partial charge in [-0.2, -0.15) is 0 Å². The van der Waals surface area contributed by atoms with Crippen molar-refractivity contribution in [2.45, 2.75) is 39.3 Å². The Balaban J connectivity index is 1.28. The second-order valence-corrected chi connectivity index (χ2v) is 7.93. The average Bonchev–Trinajstić information content (AvgIpc) is 3.30. The van der Waals surface area contributed by atoms with Gasteiger partial charge in [0.05, 0.1) is 6.33 Å². The number of rotatable bonds is 6. The van der Waals surface area contributed by atoms with Crippen molar-refractivity contribution in [1.29, 1.82) is 0 Å². The third kappa shape index (κ3) is 3.87. The van der Waals surface area contributed by atoms with Crippen LogP contribution in [-0.2, 0) is 4.79 Å². The van der Waals surface area contributed by atoms with Gasteiger partial charge in [-0.05, 0) is 32.9 Å². The Morgan fingerprint density at radius 3 is 2.79 bits per heavy atom. The molecule has 0 saturated carbocycles. The number of aromatic nitrogens is 4. The summed E-state index contributed by atoms with van der Waals surface area (Å²) < 4.78 is 3.89. The monoisotopic (exact) mass is 394 g/mol. The second-order valence-electron chi connectivity index (χ2n) is 7.93. The normalized spacial score (nSPS) is 16.4. The predicted octanol–water partition coefficient (Wildman–Crippen LogP) is 2.07. The first-order valence-corrected chi connectivity index (χ1v) is 9.92. The van der Waals surface area contributed by atoms with E-state index in [0.29, 0.717) is 25.1 Å². The van der Waals surface area contributed by atoms with Gasteiger partial charge >= 0.3 is 0 Å². The van der Waals surface area contributed by atoms with Crippen molar-refractivity contribution >= 4 is 17.5 Å². The molecule has 0 radical (unpaired) electrons. The lowest BCUT2D eigenvalue weighted by atomic mass is 9.91. The van der Waals surface area contributed by atoms with Crippen molar-refractivity contribution in [3.63, 3.8) is 0 Å². The third-order valence-electron chi connectivity index (χ3n) is 5.79. The zero-order valence-electron chi connectivity index (χ0n) is 16.9. The smallest absolute Gasteiger partial charge is 0.251 e. The highest BCUT2D eigenvalue weighted by Gasteiger charge is 2.35. The average molecular weight is 394 g/mol. The van der Waals surface area contributed by atoms with Crippen LogP contribution >= 0.6 is 0 Å². The van der Waals surface area contributed by atoms with E-state index in [9.17, 15) is 9.59 Å². The quantitative estimate of drug-likeness (QED) is 0.694. The summed E-state index contributed by atoms with van der Waals surface area (Å²) in [6, 6.07) is 3.68. The Kier molecular flexibility index (Phi) is 5.08. The lowest BCUT2D eigenvalue weighted by Crippen LogP contribution is -2.57. The molecule has 1 saturated heterocycles. The fourth-order valence-corrected chi connectivity index (χ4v) is 3.71. The summed E-state index contributed by atoms with van der Waals surface area (Å²) in [4.78, 5) is 35.3. The highest BCUT2D eigenvalue weighted by Crippen LogP contribution is 2.23. The molecule has 4 heterocycles. The van der Waals surface area contributed by atoms with E-state index in [-0.39, 0.29) is 29.8 Å². The van der Waals surface area contributed by atoms with E-state index >= 15 is 0 Å². The standard InChI is InChI=1S/C21H26N6O2/c1-14(25-7-5-22-13-25)8-20(28)26-11-18(12-26)16(3)24-21(29)17-4-6-27-15(2)10-23-19(27)9-17/h4-7,9-10,13-14,16,18H,8,11-12H2,1-3H3,(H,24,29). The van der Waals surface area contributed by atoms with Gasteiger partial charge in [0.15, 0.2) is 0 Å². The first kappa shape index (κ1) is 19.2. The Hall–Kier alpha value is -3.16. The number of hydrogen-bond acceptors (Lipinski definition) is 4. The largest absolute Gasteiger partial charge is 0.349 e. The van der Waals surface area contributed by atoms with Crippen LogP contribution in [-0.4, -0.2) is 54.8 Å². The number of hydrogen-bond donors (Lipinski definition) is 1. The molecule has 2 atom stereocenters. The van der Waals surface area contributed by atoms with E-state index < -0.39 is 0 Å². The molecule has 0 aromatic carbocycles. The summed E-state index contributed by atoms with van der Waals surface area (Å²) in [5.74, 6) is 0.295. The summed E-state index contributed by atoms with van der Waals surface area (Å²) in [7, 11) is 0. The number of nitrogens with zero attached hydrogens (tertiary/aromatic N) is 5. The van der Waals surface area contributed by atoms with E-state index in [2.05, 4.69) is 15.3 Å². The summed E-state index contributed by atoms with van der Waals surface area (Å²) >= 11 is 0. The highest BCUT2D eigenvalue weighted by molar-refractivity contribution is 5.95. The fraction of sp³-hybridized carbons (Fsp3) is 0.429. The van der Waals surface area contributed by atoms with Gasteiger partial charge in [0, 0.05) is 73.6 Å². The predicted molar refractivity (Wildman–Crippen MR) is 108 cm³/mol. The van der Waals surface area contributed by atoms with Gasteiger partial charge in [0.25, 0.3) is 5.91 Å². The number of amides is 2. The molecule has 152 valence electrons. The van der Waals surface area contributed by atoms with E-state index in [0.717, 1.165) is 11.3 Å². The van der Waals surface area contributed by atoms with E-state index in [1.165, 1.54) is 0 Å². The summed E-state index contributed by atoms with van der Waals surface area (Å²) in [6.45, 7) is 7.33. The molecule has 3 aromatic heterocycles. The summed E-state index contributed by atoms with van der Waals surface area (Å²) in [6.07, 6.45) is 9.42. The molecule has 2 amide bonds. The number of likely N-dealkylation sites (tertiary alicyclic amines) is 1. The Morgan fingerprint density at radius 1 is 1.28 bits per heavy atom. The molecular weight excluding hydrogens is 368 g/mol. The number of fused-ring (bicyclic) bond motifs is 1. The zero-order chi connectivity index (χ0) is 20.5. The van der Waals surface area contributed by atoms with Gasteiger partial charge in [0.2, 0.25) is 5.91 Å². The van der Waals surface area contributed by atoms with Crippen molar-refractivity contribution in [2.75, 3.05) is 13.1 Å². The molecule has 8 nitrogen and oxygen atoms in total. The fourth-order valence-electron chi connectivity index (χ4n) is 3.71. The van der Waals surface area contributed by atoms with Gasteiger partial charge in [-0.1, -0.05) is 0 Å². The summed E-state index contributed by atoms with van der Waals surface area (Å²) in [5, 5.41) is 3.07. The van der Waals surface area contributed by atoms with E-state index in [1.807, 2.05) is 47.0 Å². The summed E-state index contributed by atoms with van der Waals surface area (Å²) in [5.41, 5.74) is 2.38. The molecule has 1 N–H and O–H groups in total. The highest BCUT2D eigenvalue weighted by atomic mass is 16.2. The van der Waals surface area contributed by atoms with Crippen molar-refractivity contribution in [1.82, 2.24) is 29.2 Å². The Bertz CT molecular complexity index is 1020. The molecule has 4 rings (SSSR count). The van der Waals surface area contributed by atoms with Gasteiger partial charge in [-0.25, -0.2) is 9.97 Å². The molecule has 3 aromatic rings. The van der Waals surface area contributed by atoms with Crippen LogP contribution in [0.1, 0.15) is 42.4 Å². The van der Waals surface area contributed by atoms with Crippen LogP contribution in [0.15, 0.2) is 43.2 Å². The lowest BCUT2D eigenvalue weighted by Gasteiger charge is -2.43. The molecule has 1 aliphatic heterocycles. The van der Waals surface area contributed by atoms with Crippen LogP contribution in [0.5, 0.6) is 0 Å². The maximum Gasteiger partial charge on any atom is 0.251 e. The van der Waals surface area contributed by atoms with Crippen molar-refractivity contribution in [3.05, 3.63) is 54.5 Å². The molecule has 2 unspecified atom stereocenters. The van der Waals surface area contributed by atoms with Crippen LogP contribution in [0.3, 0.4) is 0 Å². The number of imidazole rings is 2. The van der Waals surface area contributed by atoms with Crippen LogP contribution in [0.25, 0.3) is 5.65 Å². The molecular formula is C21H26N6O2. The number of carbonyl (C=O) groups excluding carboxylic acids is 2. The SMILES string of the molecule is Cc1cnc2cc(C(=O)NC(C)C3CN(C(=O)CC(C)n4ccnc4)C3)ccn12. The van der Waals surface area contributed by atoms with E-state index in [4.69, 9.17) is 0 Å². The first-order valence-electron chi connectivity index (χ1n) is 9.92. The molecule has 8 heteroatoms. The van der Waals surface area contributed by atoms with Gasteiger partial charge < -0.3 is 19.2 Å². The van der Waals surface area contributed by atoms with Gasteiger partial charge in [-0.15, -0.1) is 0 Å². The molecule has 29 heavy (non-hydrogen) atoms. The van der Waals surface area contributed by atoms with Crippen molar-refractivity contribution in [2.24, 2.45) is 5.92 Å². The number of carbonyl (C=O) groups is 2. The molecule has 1 fully saturated rings. The lowest BCUT2D eigenvalue weighted by molar-refractivity contribution is -0.138. The van der Waals surface area contributed by atoms with Crippen molar-refractivity contribution in [3.8, 4) is 0 Å². The van der Waals surface area contributed by atoms with Gasteiger partial charge in [0.1, 0.15) is 5.65 Å². The maximum atomic E-state index is 12.6. The minimum atomic E-state index is -0.112. The third-order valence-corrected chi connectivity index (χ3v) is 5.79. The Morgan fingerprint density at radius 2 is 2.07 bits per heavy atom. The maximum absolute atomic E-state index is 12.6. The molecule has 0 aliphatic carbocycles. The Labute approximate surface area is 169 Å². The van der Waals surface area contributed by atoms with Crippen LogP contribution in [0.4, 0.5) is 0 Å². The zero-order valence-corrected chi connectivity index (χ0v) is 16.9. The minimum Gasteiger partial charge on any atom is -0.349 e. The van der Waals surface area contributed by atoms with Crippen LogP contribution in [0, 0.1) is 12.8 Å². The second kappa shape index (κ2) is 7.69. The first-order chi connectivity index (χ1) is 13.9. The number of nitrogens with one attached hydrogen (secondary N) is 1.